The van der Waals surface area contributed by atoms with E-state index >= 15 is 0 Å². The first-order valence-electron chi connectivity index (χ1n) is 7.43. The molecular formula is C17H21ClN2O2. The van der Waals surface area contributed by atoms with E-state index in [2.05, 4.69) is 11.0 Å². The summed E-state index contributed by atoms with van der Waals surface area (Å²) >= 11 is 6.08. The van der Waals surface area contributed by atoms with Crippen molar-refractivity contribution in [1.29, 1.82) is 5.26 Å². The van der Waals surface area contributed by atoms with Gasteiger partial charge in [-0.1, -0.05) is 11.6 Å². The molecule has 0 spiro atoms. The van der Waals surface area contributed by atoms with E-state index in [9.17, 15) is 10.1 Å². The fourth-order valence-corrected chi connectivity index (χ4v) is 3.24. The second-order valence-corrected chi connectivity index (χ2v) is 6.71. The lowest BCUT2D eigenvalue weighted by atomic mass is 9.74. The van der Waals surface area contributed by atoms with Crippen LogP contribution in [-0.2, 0) is 9.53 Å². The normalized spacial score (nSPS) is 18.7. The van der Waals surface area contributed by atoms with Gasteiger partial charge in [-0.05, 0) is 50.8 Å². The maximum atomic E-state index is 12.0. The molecule has 1 aliphatic rings. The molecule has 2 rings (SSSR count). The molecule has 118 valence electrons. The summed E-state index contributed by atoms with van der Waals surface area (Å²) in [6.07, 6.45) is 1.95. The van der Waals surface area contributed by atoms with E-state index in [4.69, 9.17) is 16.3 Å². The third-order valence-corrected chi connectivity index (χ3v) is 4.81. The number of esters is 1. The fraction of sp³-hybridized carbons (Fsp3) is 0.529. The van der Waals surface area contributed by atoms with Crippen LogP contribution in [0.4, 0.5) is 5.69 Å². The van der Waals surface area contributed by atoms with E-state index in [1.807, 2.05) is 19.9 Å². The van der Waals surface area contributed by atoms with Crippen LogP contribution in [0.3, 0.4) is 0 Å². The van der Waals surface area contributed by atoms with Gasteiger partial charge in [-0.25, -0.2) is 0 Å². The van der Waals surface area contributed by atoms with Crippen LogP contribution in [0.25, 0.3) is 0 Å². The van der Waals surface area contributed by atoms with E-state index in [1.54, 1.807) is 12.1 Å². The molecule has 1 aliphatic heterocycles. The lowest BCUT2D eigenvalue weighted by Crippen LogP contribution is -2.45. The summed E-state index contributed by atoms with van der Waals surface area (Å²) < 4.78 is 4.94. The Kier molecular flexibility index (Phi) is 4.97. The zero-order valence-corrected chi connectivity index (χ0v) is 14.0. The summed E-state index contributed by atoms with van der Waals surface area (Å²) in [5.74, 6) is -0.00910. The summed E-state index contributed by atoms with van der Waals surface area (Å²) in [6.45, 7) is 5.44. The average Bonchev–Trinajstić information content (AvgIpc) is 2.54. The van der Waals surface area contributed by atoms with Gasteiger partial charge in [-0.3, -0.25) is 4.79 Å². The predicted molar refractivity (Wildman–Crippen MR) is 86.9 cm³/mol. The van der Waals surface area contributed by atoms with E-state index in [1.165, 1.54) is 7.11 Å². The summed E-state index contributed by atoms with van der Waals surface area (Å²) in [7, 11) is 1.43. The van der Waals surface area contributed by atoms with E-state index in [0.29, 0.717) is 10.6 Å². The second kappa shape index (κ2) is 6.58. The van der Waals surface area contributed by atoms with Gasteiger partial charge in [0.2, 0.25) is 0 Å². The Labute approximate surface area is 136 Å². The van der Waals surface area contributed by atoms with Crippen molar-refractivity contribution in [2.24, 2.45) is 11.3 Å². The molecule has 1 saturated heterocycles. The summed E-state index contributed by atoms with van der Waals surface area (Å²) in [5, 5.41) is 9.91. The fourth-order valence-electron chi connectivity index (χ4n) is 3.08. The number of hydrogen-bond acceptors (Lipinski definition) is 4. The molecule has 22 heavy (non-hydrogen) atoms. The van der Waals surface area contributed by atoms with Crippen molar-refractivity contribution in [3.8, 4) is 6.07 Å². The zero-order valence-electron chi connectivity index (χ0n) is 13.2. The second-order valence-electron chi connectivity index (χ2n) is 6.27. The monoisotopic (exact) mass is 320 g/mol. The van der Waals surface area contributed by atoms with Crippen molar-refractivity contribution in [3.05, 3.63) is 28.8 Å². The number of anilines is 1. The molecular weight excluding hydrogens is 300 g/mol. The number of carbonyl (C=O) groups excluding carboxylic acids is 1. The molecule has 0 radical (unpaired) electrons. The van der Waals surface area contributed by atoms with E-state index in [0.717, 1.165) is 31.6 Å². The highest BCUT2D eigenvalue weighted by molar-refractivity contribution is 6.30. The van der Waals surface area contributed by atoms with Crippen molar-refractivity contribution >= 4 is 23.3 Å². The highest BCUT2D eigenvalue weighted by atomic mass is 35.5. The Balaban J connectivity index is 2.27. The number of piperidine rings is 1. The number of nitriles is 1. The highest BCUT2D eigenvalue weighted by Gasteiger charge is 2.40. The number of hydrogen-bond donors (Lipinski definition) is 0. The highest BCUT2D eigenvalue weighted by Crippen LogP contribution is 2.37. The van der Waals surface area contributed by atoms with Crippen LogP contribution in [0, 0.1) is 22.7 Å². The molecule has 1 heterocycles. The first kappa shape index (κ1) is 16.6. The molecule has 5 heteroatoms. The third kappa shape index (κ3) is 3.20. The minimum absolute atomic E-state index is 0.180. The molecule has 1 unspecified atom stereocenters. The number of halogens is 1. The number of nitrogens with zero attached hydrogens (tertiary/aromatic N) is 2. The van der Waals surface area contributed by atoms with Crippen molar-refractivity contribution in [2.75, 3.05) is 25.1 Å². The minimum Gasteiger partial charge on any atom is -0.469 e. The van der Waals surface area contributed by atoms with Crippen molar-refractivity contribution in [3.63, 3.8) is 0 Å². The standard InChI is InChI=1S/C17H21ClN2O2/c1-17(2,16(21)22-3)13-5-4-8-20(11-13)15-9-14(18)7-6-12(15)10-19/h6-7,9,13H,4-5,8,11H2,1-3H3. The van der Waals surface area contributed by atoms with Crippen molar-refractivity contribution < 1.29 is 9.53 Å². The quantitative estimate of drug-likeness (QED) is 0.798. The molecule has 1 aromatic carbocycles. The van der Waals surface area contributed by atoms with Crippen molar-refractivity contribution in [2.45, 2.75) is 26.7 Å². The van der Waals surface area contributed by atoms with Crippen LogP contribution in [-0.4, -0.2) is 26.2 Å². The topological polar surface area (TPSA) is 53.3 Å². The van der Waals surface area contributed by atoms with Gasteiger partial charge in [-0.2, -0.15) is 5.26 Å². The van der Waals surface area contributed by atoms with Crippen LogP contribution in [0.15, 0.2) is 18.2 Å². The van der Waals surface area contributed by atoms with Crippen LogP contribution >= 0.6 is 11.6 Å². The maximum absolute atomic E-state index is 12.0. The molecule has 0 amide bonds. The van der Waals surface area contributed by atoms with E-state index in [-0.39, 0.29) is 11.9 Å². The van der Waals surface area contributed by atoms with Gasteiger partial charge in [0.05, 0.1) is 23.8 Å². The number of methoxy groups -OCH3 is 1. The van der Waals surface area contributed by atoms with Gasteiger partial charge >= 0.3 is 5.97 Å². The van der Waals surface area contributed by atoms with Gasteiger partial charge in [0.1, 0.15) is 6.07 Å². The first-order valence-corrected chi connectivity index (χ1v) is 7.81. The van der Waals surface area contributed by atoms with E-state index < -0.39 is 5.41 Å². The van der Waals surface area contributed by atoms with Gasteiger partial charge < -0.3 is 9.64 Å². The first-order chi connectivity index (χ1) is 10.4. The van der Waals surface area contributed by atoms with Gasteiger partial charge in [0.15, 0.2) is 0 Å². The van der Waals surface area contributed by atoms with Crippen LogP contribution < -0.4 is 4.90 Å². The lowest BCUT2D eigenvalue weighted by molar-refractivity contribution is -0.154. The molecule has 1 atom stereocenters. The smallest absolute Gasteiger partial charge is 0.311 e. The predicted octanol–water partition coefficient (Wildman–Crippen LogP) is 3.63. The Morgan fingerprint density at radius 3 is 2.86 bits per heavy atom. The molecule has 1 fully saturated rings. The number of carbonyl (C=O) groups is 1. The summed E-state index contributed by atoms with van der Waals surface area (Å²) in [4.78, 5) is 14.2. The Bertz CT molecular complexity index is 607. The molecule has 1 aromatic rings. The molecule has 0 N–H and O–H groups in total. The maximum Gasteiger partial charge on any atom is 0.311 e. The van der Waals surface area contributed by atoms with Crippen LogP contribution in [0.2, 0.25) is 5.02 Å². The molecule has 0 aliphatic carbocycles. The number of benzene rings is 1. The Hall–Kier alpha value is -1.73. The average molecular weight is 321 g/mol. The lowest BCUT2D eigenvalue weighted by Gasteiger charge is -2.41. The Morgan fingerprint density at radius 2 is 2.23 bits per heavy atom. The van der Waals surface area contributed by atoms with Gasteiger partial charge in [0.25, 0.3) is 0 Å². The molecule has 0 bridgehead atoms. The summed E-state index contributed by atoms with van der Waals surface area (Å²) in [5.41, 5.74) is 0.917. The molecule has 0 aromatic heterocycles. The number of rotatable bonds is 3. The van der Waals surface area contributed by atoms with Gasteiger partial charge in [-0.15, -0.1) is 0 Å². The Morgan fingerprint density at radius 1 is 1.50 bits per heavy atom. The van der Waals surface area contributed by atoms with Gasteiger partial charge in [0, 0.05) is 18.1 Å². The number of ether oxygens (including phenoxy) is 1. The summed E-state index contributed by atoms with van der Waals surface area (Å²) in [6, 6.07) is 7.51. The molecule has 0 saturated carbocycles. The van der Waals surface area contributed by atoms with Crippen LogP contribution in [0.1, 0.15) is 32.3 Å². The largest absolute Gasteiger partial charge is 0.469 e. The zero-order chi connectivity index (χ0) is 16.3. The van der Waals surface area contributed by atoms with Crippen molar-refractivity contribution in [1.82, 2.24) is 0 Å². The third-order valence-electron chi connectivity index (χ3n) is 4.57. The SMILES string of the molecule is COC(=O)C(C)(C)C1CCCN(c2cc(Cl)ccc2C#N)C1. The molecule has 4 nitrogen and oxygen atoms in total. The van der Waals surface area contributed by atoms with Crippen LogP contribution in [0.5, 0.6) is 0 Å². The minimum atomic E-state index is -0.543.